The average molecular weight is 599 g/mol. The standard InChI is InChI=1S/C34H38N4O2S2/c1-33(2,3)21-10-12-23-25(17-35)31(41-27(23)15-21)37-29(39)19-8-7-9-20(14-19)30(40)38-32-26(18-36)24-13-11-22(34(4,5)6)16-28(24)42-32/h7-9,14,21-22H,10-13,15-16H2,1-6H3,(H,37,39)(H,38,40). The number of carbonyl (C=O) groups is 2. The number of nitriles is 2. The summed E-state index contributed by atoms with van der Waals surface area (Å²) in [7, 11) is 0. The van der Waals surface area contributed by atoms with Crippen molar-refractivity contribution in [3.05, 3.63) is 67.4 Å². The van der Waals surface area contributed by atoms with E-state index >= 15 is 0 Å². The molecule has 6 nitrogen and oxygen atoms in total. The zero-order valence-corrected chi connectivity index (χ0v) is 26.9. The number of rotatable bonds is 4. The fraction of sp³-hybridized carbons (Fsp3) is 0.471. The topological polar surface area (TPSA) is 106 Å². The van der Waals surface area contributed by atoms with E-state index in [2.05, 4.69) is 64.3 Å². The number of nitrogens with one attached hydrogen (secondary N) is 2. The number of benzene rings is 1. The van der Waals surface area contributed by atoms with E-state index in [0.29, 0.717) is 44.1 Å². The van der Waals surface area contributed by atoms with Gasteiger partial charge < -0.3 is 10.6 Å². The summed E-state index contributed by atoms with van der Waals surface area (Å²) in [5, 5.41) is 26.9. The Morgan fingerprint density at radius 3 is 1.52 bits per heavy atom. The quantitative estimate of drug-likeness (QED) is 0.315. The number of carbonyl (C=O) groups excluding carboxylic acids is 2. The highest BCUT2D eigenvalue weighted by molar-refractivity contribution is 7.17. The molecule has 0 saturated carbocycles. The van der Waals surface area contributed by atoms with Crippen molar-refractivity contribution in [2.75, 3.05) is 10.6 Å². The highest BCUT2D eigenvalue weighted by atomic mass is 32.1. The Kier molecular flexibility index (Phi) is 8.09. The molecule has 5 rings (SSSR count). The van der Waals surface area contributed by atoms with Crippen LogP contribution in [0.2, 0.25) is 0 Å². The lowest BCUT2D eigenvalue weighted by molar-refractivity contribution is 0.102. The first-order valence-electron chi connectivity index (χ1n) is 14.6. The summed E-state index contributed by atoms with van der Waals surface area (Å²) in [6, 6.07) is 11.2. The molecule has 0 fully saturated rings. The highest BCUT2D eigenvalue weighted by Gasteiger charge is 2.34. The molecule has 0 bridgehead atoms. The van der Waals surface area contributed by atoms with Gasteiger partial charge in [-0.1, -0.05) is 47.6 Å². The Morgan fingerprint density at radius 2 is 1.17 bits per heavy atom. The SMILES string of the molecule is CC(C)(C)C1CCc2c(sc(NC(=O)c3cccc(C(=O)Nc4sc5c(c4C#N)CCC(C(C)(C)C)C5)c3)c2C#N)C1. The van der Waals surface area contributed by atoms with E-state index in [1.54, 1.807) is 24.3 Å². The second kappa shape index (κ2) is 11.3. The van der Waals surface area contributed by atoms with Gasteiger partial charge in [-0.25, -0.2) is 0 Å². The van der Waals surface area contributed by atoms with E-state index < -0.39 is 0 Å². The third kappa shape index (κ3) is 5.89. The molecular weight excluding hydrogens is 561 g/mol. The number of anilines is 2. The van der Waals surface area contributed by atoms with Gasteiger partial charge in [0.2, 0.25) is 0 Å². The van der Waals surface area contributed by atoms with Crippen LogP contribution in [0, 0.1) is 45.3 Å². The van der Waals surface area contributed by atoms with Crippen molar-refractivity contribution < 1.29 is 9.59 Å². The monoisotopic (exact) mass is 598 g/mol. The molecule has 0 spiro atoms. The predicted molar refractivity (Wildman–Crippen MR) is 170 cm³/mol. The van der Waals surface area contributed by atoms with Gasteiger partial charge in [0, 0.05) is 20.9 Å². The van der Waals surface area contributed by atoms with Gasteiger partial charge in [-0.3, -0.25) is 9.59 Å². The number of thiophene rings is 2. The lowest BCUT2D eigenvalue weighted by atomic mass is 9.72. The van der Waals surface area contributed by atoms with Crippen LogP contribution in [0.3, 0.4) is 0 Å². The van der Waals surface area contributed by atoms with Gasteiger partial charge in [0.15, 0.2) is 0 Å². The fourth-order valence-corrected chi connectivity index (χ4v) is 8.76. The van der Waals surface area contributed by atoms with Gasteiger partial charge in [0.05, 0.1) is 11.1 Å². The van der Waals surface area contributed by atoms with Gasteiger partial charge in [0.1, 0.15) is 22.1 Å². The Bertz CT molecular complexity index is 1520. The van der Waals surface area contributed by atoms with Crippen LogP contribution < -0.4 is 10.6 Å². The van der Waals surface area contributed by atoms with Gasteiger partial charge in [0.25, 0.3) is 11.8 Å². The number of amides is 2. The largest absolute Gasteiger partial charge is 0.312 e. The highest BCUT2D eigenvalue weighted by Crippen LogP contribution is 2.45. The predicted octanol–water partition coefficient (Wildman–Crippen LogP) is 8.36. The number of nitrogens with zero attached hydrogens (tertiary/aromatic N) is 2. The number of hydrogen-bond donors (Lipinski definition) is 2. The molecule has 2 N–H and O–H groups in total. The molecule has 0 radical (unpaired) electrons. The summed E-state index contributed by atoms with van der Waals surface area (Å²) >= 11 is 2.99. The van der Waals surface area contributed by atoms with Crippen molar-refractivity contribution in [2.45, 2.75) is 80.1 Å². The minimum Gasteiger partial charge on any atom is -0.312 e. The van der Waals surface area contributed by atoms with Crippen LogP contribution in [0.4, 0.5) is 10.0 Å². The van der Waals surface area contributed by atoms with E-state index in [9.17, 15) is 20.1 Å². The maximum Gasteiger partial charge on any atom is 0.256 e. The average Bonchev–Trinajstić information content (AvgIpc) is 3.47. The Hall–Kier alpha value is -3.46. The third-order valence-corrected chi connectivity index (χ3v) is 11.4. The first-order chi connectivity index (χ1) is 19.8. The van der Waals surface area contributed by atoms with Crippen LogP contribution >= 0.6 is 22.7 Å². The summed E-state index contributed by atoms with van der Waals surface area (Å²) in [4.78, 5) is 29.0. The van der Waals surface area contributed by atoms with Gasteiger partial charge in [-0.05, 0) is 90.5 Å². The second-order valence-corrected chi connectivity index (χ2v) is 16.0. The Labute approximate surface area is 256 Å². The normalized spacial score (nSPS) is 18.3. The Balaban J connectivity index is 1.33. The van der Waals surface area contributed by atoms with Crippen molar-refractivity contribution in [1.82, 2.24) is 0 Å². The van der Waals surface area contributed by atoms with Gasteiger partial charge in [-0.2, -0.15) is 10.5 Å². The molecule has 2 atom stereocenters. The maximum absolute atomic E-state index is 13.3. The molecule has 2 aliphatic rings. The van der Waals surface area contributed by atoms with E-state index in [1.807, 2.05) is 0 Å². The third-order valence-electron chi connectivity index (χ3n) is 9.04. The van der Waals surface area contributed by atoms with Gasteiger partial charge >= 0.3 is 0 Å². The molecule has 2 heterocycles. The van der Waals surface area contributed by atoms with E-state index in [-0.39, 0.29) is 22.6 Å². The molecule has 0 saturated heterocycles. The molecule has 8 heteroatoms. The number of fused-ring (bicyclic) bond motifs is 2. The van der Waals surface area contributed by atoms with Crippen molar-refractivity contribution >= 4 is 44.5 Å². The first-order valence-corrected chi connectivity index (χ1v) is 16.3. The lowest BCUT2D eigenvalue weighted by Gasteiger charge is -2.33. The smallest absolute Gasteiger partial charge is 0.256 e. The van der Waals surface area contributed by atoms with Crippen molar-refractivity contribution in [2.24, 2.45) is 22.7 Å². The van der Waals surface area contributed by atoms with Crippen molar-refractivity contribution in [3.63, 3.8) is 0 Å². The van der Waals surface area contributed by atoms with Crippen LogP contribution in [-0.2, 0) is 25.7 Å². The fourth-order valence-electron chi connectivity index (χ4n) is 6.22. The van der Waals surface area contributed by atoms with Crippen LogP contribution in [-0.4, -0.2) is 11.8 Å². The molecule has 2 amide bonds. The molecule has 218 valence electrons. The second-order valence-electron chi connectivity index (χ2n) is 13.7. The minimum atomic E-state index is -0.357. The molecular formula is C34H38N4O2S2. The summed E-state index contributed by atoms with van der Waals surface area (Å²) < 4.78 is 0. The number of hydrogen-bond acceptors (Lipinski definition) is 6. The summed E-state index contributed by atoms with van der Waals surface area (Å²) in [5.41, 5.74) is 4.29. The van der Waals surface area contributed by atoms with Gasteiger partial charge in [-0.15, -0.1) is 22.7 Å². The summed E-state index contributed by atoms with van der Waals surface area (Å²) in [6.45, 7) is 13.5. The molecule has 0 aliphatic heterocycles. The van der Waals surface area contributed by atoms with Crippen LogP contribution in [0.25, 0.3) is 0 Å². The summed E-state index contributed by atoms with van der Waals surface area (Å²) in [5.74, 6) is 0.350. The van der Waals surface area contributed by atoms with Crippen LogP contribution in [0.15, 0.2) is 24.3 Å². The van der Waals surface area contributed by atoms with E-state index in [4.69, 9.17) is 0 Å². The zero-order valence-electron chi connectivity index (χ0n) is 25.2. The van der Waals surface area contributed by atoms with E-state index in [1.165, 1.54) is 32.4 Å². The molecule has 1 aromatic carbocycles. The molecule has 2 aromatic heterocycles. The van der Waals surface area contributed by atoms with Crippen LogP contribution in [0.1, 0.15) is 107 Å². The maximum atomic E-state index is 13.3. The van der Waals surface area contributed by atoms with Crippen LogP contribution in [0.5, 0.6) is 0 Å². The Morgan fingerprint density at radius 1 is 0.762 bits per heavy atom. The molecule has 2 aliphatic carbocycles. The molecule has 3 aromatic rings. The first kappa shape index (κ1) is 30.0. The molecule has 2 unspecified atom stereocenters. The summed E-state index contributed by atoms with van der Waals surface area (Å²) in [6.07, 6.45) is 5.58. The minimum absolute atomic E-state index is 0.185. The zero-order chi connectivity index (χ0) is 30.4. The lowest BCUT2D eigenvalue weighted by Crippen LogP contribution is -2.26. The van der Waals surface area contributed by atoms with E-state index in [0.717, 1.165) is 49.7 Å². The van der Waals surface area contributed by atoms with Crippen molar-refractivity contribution in [1.29, 1.82) is 10.5 Å². The molecule has 42 heavy (non-hydrogen) atoms. The van der Waals surface area contributed by atoms with Crippen molar-refractivity contribution in [3.8, 4) is 12.1 Å².